The van der Waals surface area contributed by atoms with Crippen LogP contribution in [0.15, 0.2) is 23.1 Å². The molecule has 2 heterocycles. The lowest BCUT2D eigenvalue weighted by Gasteiger charge is -2.34. The number of carbonyl (C=O) groups excluding carboxylic acids is 2. The molecule has 0 radical (unpaired) electrons. The molecule has 2 aliphatic heterocycles. The molecule has 130 valence electrons. The zero-order chi connectivity index (χ0) is 17.5. The Labute approximate surface area is 141 Å². The molecule has 1 aromatic rings. The average Bonchev–Trinajstić information content (AvgIpc) is 2.88. The van der Waals surface area contributed by atoms with Gasteiger partial charge in [0.05, 0.1) is 11.4 Å². The van der Waals surface area contributed by atoms with Gasteiger partial charge in [0.2, 0.25) is 15.9 Å². The number of hydrogen-bond acceptors (Lipinski definition) is 4. The van der Waals surface area contributed by atoms with Gasteiger partial charge in [0, 0.05) is 19.1 Å². The highest BCUT2D eigenvalue weighted by atomic mass is 32.2. The van der Waals surface area contributed by atoms with E-state index in [0.717, 1.165) is 11.1 Å². The summed E-state index contributed by atoms with van der Waals surface area (Å²) in [5.41, 5.74) is 1.62. The maximum absolute atomic E-state index is 12.9. The van der Waals surface area contributed by atoms with Crippen molar-refractivity contribution in [2.24, 2.45) is 0 Å². The summed E-state index contributed by atoms with van der Waals surface area (Å²) in [5.74, 6) is -0.240. The van der Waals surface area contributed by atoms with Crippen molar-refractivity contribution in [3.8, 4) is 0 Å². The summed E-state index contributed by atoms with van der Waals surface area (Å²) in [5, 5.41) is 2.50. The molecule has 1 aromatic carbocycles. The Balaban J connectivity index is 1.75. The number of rotatable bonds is 3. The predicted molar refractivity (Wildman–Crippen MR) is 87.9 cm³/mol. The second-order valence-corrected chi connectivity index (χ2v) is 8.23. The number of nitrogens with zero attached hydrogens (tertiary/aromatic N) is 2. The fourth-order valence-electron chi connectivity index (χ4n) is 3.27. The molecule has 0 unspecified atom stereocenters. The zero-order valence-corrected chi connectivity index (χ0v) is 14.6. The van der Waals surface area contributed by atoms with Crippen LogP contribution in [0.2, 0.25) is 0 Å². The van der Waals surface area contributed by atoms with E-state index in [-0.39, 0.29) is 24.5 Å². The van der Waals surface area contributed by atoms with Gasteiger partial charge in [-0.2, -0.15) is 4.31 Å². The minimum absolute atomic E-state index is 0.0276. The van der Waals surface area contributed by atoms with Crippen LogP contribution in [0.25, 0.3) is 0 Å². The first-order valence-electron chi connectivity index (χ1n) is 7.98. The third kappa shape index (κ3) is 2.91. The van der Waals surface area contributed by atoms with Crippen LogP contribution in [-0.4, -0.2) is 55.2 Å². The van der Waals surface area contributed by atoms with Gasteiger partial charge in [0.1, 0.15) is 0 Å². The molecule has 0 bridgehead atoms. The third-order valence-corrected chi connectivity index (χ3v) is 6.67. The van der Waals surface area contributed by atoms with Gasteiger partial charge in [0.25, 0.3) is 0 Å². The Kier molecular flexibility index (Phi) is 4.35. The molecular formula is C16H21N3O4S. The van der Waals surface area contributed by atoms with E-state index in [1.165, 1.54) is 9.21 Å². The summed E-state index contributed by atoms with van der Waals surface area (Å²) < 4.78 is 27.2. The van der Waals surface area contributed by atoms with Crippen LogP contribution in [0, 0.1) is 13.8 Å². The molecule has 0 saturated carbocycles. The fourth-order valence-corrected chi connectivity index (χ4v) is 5.05. The molecule has 0 atom stereocenters. The second kappa shape index (κ2) is 6.18. The quantitative estimate of drug-likeness (QED) is 0.824. The van der Waals surface area contributed by atoms with E-state index in [1.54, 1.807) is 13.0 Å². The number of carbonyl (C=O) groups is 2. The van der Waals surface area contributed by atoms with Crippen molar-refractivity contribution in [3.63, 3.8) is 0 Å². The molecule has 3 rings (SSSR count). The van der Waals surface area contributed by atoms with Crippen molar-refractivity contribution in [1.29, 1.82) is 0 Å². The number of piperidine rings is 1. The van der Waals surface area contributed by atoms with Crippen LogP contribution in [0.1, 0.15) is 24.0 Å². The van der Waals surface area contributed by atoms with E-state index >= 15 is 0 Å². The summed E-state index contributed by atoms with van der Waals surface area (Å²) in [6, 6.07) is 4.77. The van der Waals surface area contributed by atoms with Gasteiger partial charge in [-0.15, -0.1) is 0 Å². The van der Waals surface area contributed by atoms with E-state index in [0.29, 0.717) is 30.8 Å². The van der Waals surface area contributed by atoms with Gasteiger partial charge in [-0.1, -0.05) is 12.1 Å². The zero-order valence-electron chi connectivity index (χ0n) is 13.8. The molecular weight excluding hydrogens is 330 g/mol. The topological polar surface area (TPSA) is 86.8 Å². The number of sulfonamides is 1. The minimum atomic E-state index is -3.56. The highest BCUT2D eigenvalue weighted by molar-refractivity contribution is 7.89. The van der Waals surface area contributed by atoms with E-state index in [2.05, 4.69) is 5.32 Å². The number of urea groups is 1. The lowest BCUT2D eigenvalue weighted by atomic mass is 10.1. The fraction of sp³-hybridized carbons (Fsp3) is 0.500. The molecule has 3 amide bonds. The number of benzene rings is 1. The van der Waals surface area contributed by atoms with Crippen LogP contribution in [0.5, 0.6) is 0 Å². The van der Waals surface area contributed by atoms with Gasteiger partial charge in [0.15, 0.2) is 0 Å². The van der Waals surface area contributed by atoms with Gasteiger partial charge in [-0.05, 0) is 43.9 Å². The maximum Gasteiger partial charge on any atom is 0.324 e. The number of amides is 3. The van der Waals surface area contributed by atoms with Crippen molar-refractivity contribution in [2.45, 2.75) is 37.6 Å². The van der Waals surface area contributed by atoms with E-state index in [9.17, 15) is 18.0 Å². The highest BCUT2D eigenvalue weighted by Crippen LogP contribution is 2.26. The molecule has 0 aliphatic carbocycles. The van der Waals surface area contributed by atoms with Crippen molar-refractivity contribution in [3.05, 3.63) is 29.3 Å². The summed E-state index contributed by atoms with van der Waals surface area (Å²) in [4.78, 5) is 25.1. The molecule has 2 saturated heterocycles. The summed E-state index contributed by atoms with van der Waals surface area (Å²) in [6.07, 6.45) is 0.923. The Bertz CT molecular complexity index is 767. The van der Waals surface area contributed by atoms with Crippen molar-refractivity contribution in [1.82, 2.24) is 14.5 Å². The summed E-state index contributed by atoms with van der Waals surface area (Å²) in [6.45, 7) is 4.28. The van der Waals surface area contributed by atoms with Crippen LogP contribution in [0.3, 0.4) is 0 Å². The van der Waals surface area contributed by atoms with Gasteiger partial charge in [-0.3, -0.25) is 9.69 Å². The molecule has 2 fully saturated rings. The largest absolute Gasteiger partial charge is 0.329 e. The van der Waals surface area contributed by atoms with Crippen molar-refractivity contribution in [2.75, 3.05) is 19.6 Å². The second-order valence-electron chi connectivity index (χ2n) is 6.33. The van der Waals surface area contributed by atoms with Crippen LogP contribution in [0.4, 0.5) is 4.79 Å². The van der Waals surface area contributed by atoms with E-state index < -0.39 is 10.0 Å². The highest BCUT2D eigenvalue weighted by Gasteiger charge is 2.39. The molecule has 2 aliphatic rings. The molecule has 7 nitrogen and oxygen atoms in total. The first-order chi connectivity index (χ1) is 11.3. The SMILES string of the molecule is Cc1ccc(C)c(S(=O)(=O)N2CCC(N3C(=O)CNC3=O)CC2)c1. The number of imide groups is 1. The van der Waals surface area contributed by atoms with Crippen LogP contribution < -0.4 is 5.32 Å². The number of nitrogens with one attached hydrogen (secondary N) is 1. The summed E-state index contributed by atoms with van der Waals surface area (Å²) >= 11 is 0. The van der Waals surface area contributed by atoms with E-state index in [4.69, 9.17) is 0 Å². The normalized spacial score (nSPS) is 20.5. The van der Waals surface area contributed by atoms with Crippen molar-refractivity contribution < 1.29 is 18.0 Å². The molecule has 1 N–H and O–H groups in total. The number of hydrogen-bond donors (Lipinski definition) is 1. The minimum Gasteiger partial charge on any atom is -0.329 e. The molecule has 0 aromatic heterocycles. The Morgan fingerprint density at radius 3 is 2.38 bits per heavy atom. The molecule has 24 heavy (non-hydrogen) atoms. The molecule has 0 spiro atoms. The summed E-state index contributed by atoms with van der Waals surface area (Å²) in [7, 11) is -3.56. The Morgan fingerprint density at radius 1 is 1.12 bits per heavy atom. The molecule has 8 heteroatoms. The van der Waals surface area contributed by atoms with Crippen molar-refractivity contribution >= 4 is 22.0 Å². The third-order valence-electron chi connectivity index (χ3n) is 4.63. The van der Waals surface area contributed by atoms with Crippen LogP contribution >= 0.6 is 0 Å². The monoisotopic (exact) mass is 351 g/mol. The standard InChI is InChI=1S/C16H21N3O4S/c1-11-3-4-12(2)14(9-11)24(22,23)18-7-5-13(6-8-18)19-15(20)10-17-16(19)21/h3-4,9,13H,5-8,10H2,1-2H3,(H,17,21). The smallest absolute Gasteiger partial charge is 0.324 e. The first-order valence-corrected chi connectivity index (χ1v) is 9.42. The predicted octanol–water partition coefficient (Wildman–Crippen LogP) is 1.01. The Morgan fingerprint density at radius 2 is 1.79 bits per heavy atom. The van der Waals surface area contributed by atoms with Gasteiger partial charge < -0.3 is 5.32 Å². The average molecular weight is 351 g/mol. The lowest BCUT2D eigenvalue weighted by molar-refractivity contribution is -0.127. The first kappa shape index (κ1) is 16.9. The maximum atomic E-state index is 12.9. The Hall–Kier alpha value is -1.93. The van der Waals surface area contributed by atoms with Crippen LogP contribution in [-0.2, 0) is 14.8 Å². The number of aryl methyl sites for hydroxylation is 2. The van der Waals surface area contributed by atoms with Gasteiger partial charge in [-0.25, -0.2) is 13.2 Å². The van der Waals surface area contributed by atoms with Gasteiger partial charge >= 0.3 is 6.03 Å². The van der Waals surface area contributed by atoms with E-state index in [1.807, 2.05) is 19.1 Å². The lowest BCUT2D eigenvalue weighted by Crippen LogP contribution is -2.49.